The maximum Gasteiger partial charge on any atom is -0.0285 e. The van der Waals surface area contributed by atoms with E-state index >= 15 is 0 Å². The second-order valence-electron chi connectivity index (χ2n) is 9.87. The highest BCUT2D eigenvalue weighted by atomic mass is 14.2. The minimum Gasteiger partial charge on any atom is -0.0988 e. The molecule has 0 saturated heterocycles. The molecule has 0 spiro atoms. The van der Waals surface area contributed by atoms with Crippen LogP contribution in [0.2, 0.25) is 0 Å². The molecule has 0 aromatic carbocycles. The first-order chi connectivity index (χ1) is 15.3. The Morgan fingerprint density at radius 1 is 0.719 bits per heavy atom. The molecular weight excluding hydrogens is 384 g/mol. The molecule has 0 aliphatic rings. The van der Waals surface area contributed by atoms with Gasteiger partial charge in [0.1, 0.15) is 0 Å². The first-order valence-corrected chi connectivity index (χ1v) is 14.6. The molecule has 0 radical (unpaired) electrons. The van der Waals surface area contributed by atoms with Gasteiger partial charge in [-0.3, -0.25) is 0 Å². The Bertz CT molecular complexity index is 328. The minimum absolute atomic E-state index is 0.642. The molecule has 0 unspecified atom stereocenters. The summed E-state index contributed by atoms with van der Waals surface area (Å²) in [6, 6.07) is 0. The molecule has 0 aliphatic carbocycles. The van der Waals surface area contributed by atoms with Crippen LogP contribution in [0.4, 0.5) is 0 Å². The molecule has 0 aliphatic heterocycles. The predicted octanol–water partition coefficient (Wildman–Crippen LogP) is 12.7. The standard InChI is InChI=1S/C11H20.C10H22.C8H18.C3H8/c1-4-6-7-8-9-10-11(3)5-2;1-5-8-10(4,7-3)9-6-2;1-4-7-8(5-2)6-3;1-3-2/h5H,2-4,6-10H2,1H3;5-9H2,1-4H3;8H,4-7H2,1-3H3;3H2,1-2H3. The Morgan fingerprint density at radius 2 is 1.19 bits per heavy atom. The summed E-state index contributed by atoms with van der Waals surface area (Å²) in [7, 11) is 0. The van der Waals surface area contributed by atoms with Crippen molar-refractivity contribution < 1.29 is 0 Å². The number of hydrogen-bond donors (Lipinski definition) is 0. The van der Waals surface area contributed by atoms with Crippen LogP contribution in [0.1, 0.15) is 172 Å². The number of unbranched alkanes of at least 4 members (excludes halogenated alkanes) is 4. The Kier molecular flexibility index (Phi) is 39.5. The lowest BCUT2D eigenvalue weighted by Gasteiger charge is -2.27. The Labute approximate surface area is 208 Å². The summed E-state index contributed by atoms with van der Waals surface area (Å²) in [5, 5.41) is 0. The van der Waals surface area contributed by atoms with Crippen molar-refractivity contribution in [2.24, 2.45) is 11.3 Å². The van der Waals surface area contributed by atoms with Crippen molar-refractivity contribution in [3.63, 3.8) is 0 Å². The van der Waals surface area contributed by atoms with Crippen molar-refractivity contribution in [3.8, 4) is 0 Å². The summed E-state index contributed by atoms with van der Waals surface area (Å²) in [5.41, 5.74) is 1.82. The quantitative estimate of drug-likeness (QED) is 0.161. The Morgan fingerprint density at radius 3 is 1.47 bits per heavy atom. The van der Waals surface area contributed by atoms with Gasteiger partial charge in [-0.1, -0.05) is 171 Å². The smallest absolute Gasteiger partial charge is 0.0285 e. The van der Waals surface area contributed by atoms with Crippen molar-refractivity contribution in [2.75, 3.05) is 0 Å². The summed E-state index contributed by atoms with van der Waals surface area (Å²) in [6.45, 7) is 30.2. The minimum atomic E-state index is 0.642. The van der Waals surface area contributed by atoms with Crippen LogP contribution in [0.3, 0.4) is 0 Å². The maximum absolute atomic E-state index is 3.87. The summed E-state index contributed by atoms with van der Waals surface area (Å²) in [4.78, 5) is 0. The van der Waals surface area contributed by atoms with Gasteiger partial charge in [-0.15, -0.1) is 0 Å². The molecule has 0 aromatic rings. The predicted molar refractivity (Wildman–Crippen MR) is 156 cm³/mol. The number of hydrogen-bond acceptors (Lipinski definition) is 0. The molecule has 0 amide bonds. The van der Waals surface area contributed by atoms with Crippen molar-refractivity contribution in [3.05, 3.63) is 24.8 Å². The number of allylic oxidation sites excluding steroid dienone is 2. The first-order valence-electron chi connectivity index (χ1n) is 14.6. The largest absolute Gasteiger partial charge is 0.0988 e. The molecule has 0 fully saturated rings. The summed E-state index contributed by atoms with van der Waals surface area (Å²) in [6.07, 6.45) is 23.3. The fraction of sp³-hybridized carbons (Fsp3) is 0.875. The normalized spacial score (nSPS) is 10.2. The molecular formula is C32H68. The van der Waals surface area contributed by atoms with E-state index in [1.54, 1.807) is 0 Å². The Hall–Kier alpha value is -0.520. The fourth-order valence-corrected chi connectivity index (χ4v) is 3.85. The van der Waals surface area contributed by atoms with Crippen LogP contribution in [0.25, 0.3) is 0 Å². The van der Waals surface area contributed by atoms with Gasteiger partial charge in [0, 0.05) is 0 Å². The van der Waals surface area contributed by atoms with Gasteiger partial charge in [0.05, 0.1) is 0 Å². The fourth-order valence-electron chi connectivity index (χ4n) is 3.85. The second-order valence-corrected chi connectivity index (χ2v) is 9.87. The molecule has 0 N–H and O–H groups in total. The third-order valence-electron chi connectivity index (χ3n) is 6.30. The van der Waals surface area contributed by atoms with Gasteiger partial charge in [-0.2, -0.15) is 0 Å². The summed E-state index contributed by atoms with van der Waals surface area (Å²) in [5.74, 6) is 1.000. The third-order valence-corrected chi connectivity index (χ3v) is 6.30. The second kappa shape index (κ2) is 32.7. The van der Waals surface area contributed by atoms with E-state index in [9.17, 15) is 0 Å². The van der Waals surface area contributed by atoms with Gasteiger partial charge >= 0.3 is 0 Å². The highest BCUT2D eigenvalue weighted by Gasteiger charge is 2.18. The van der Waals surface area contributed by atoms with Gasteiger partial charge in [0.25, 0.3) is 0 Å². The van der Waals surface area contributed by atoms with Crippen molar-refractivity contribution in [2.45, 2.75) is 172 Å². The Balaban J connectivity index is -0.000000174. The summed E-state index contributed by atoms with van der Waals surface area (Å²) >= 11 is 0. The van der Waals surface area contributed by atoms with E-state index < -0.39 is 0 Å². The monoisotopic (exact) mass is 453 g/mol. The van der Waals surface area contributed by atoms with Crippen LogP contribution in [-0.4, -0.2) is 0 Å². The first kappa shape index (κ1) is 38.7. The lowest BCUT2D eigenvalue weighted by atomic mass is 9.79. The van der Waals surface area contributed by atoms with E-state index in [0.717, 1.165) is 12.3 Å². The zero-order valence-electron chi connectivity index (χ0n) is 24.9. The van der Waals surface area contributed by atoms with Crippen LogP contribution >= 0.6 is 0 Å². The molecule has 0 nitrogen and oxygen atoms in total. The molecule has 0 atom stereocenters. The summed E-state index contributed by atoms with van der Waals surface area (Å²) < 4.78 is 0. The van der Waals surface area contributed by atoms with Crippen molar-refractivity contribution in [1.29, 1.82) is 0 Å². The third kappa shape index (κ3) is 34.1. The van der Waals surface area contributed by atoms with Gasteiger partial charge in [0.15, 0.2) is 0 Å². The molecule has 0 aromatic heterocycles. The topological polar surface area (TPSA) is 0 Å². The van der Waals surface area contributed by atoms with Gasteiger partial charge in [-0.05, 0) is 37.0 Å². The van der Waals surface area contributed by atoms with Gasteiger partial charge < -0.3 is 0 Å². The van der Waals surface area contributed by atoms with Crippen LogP contribution < -0.4 is 0 Å². The SMILES string of the molecule is C=CC(=C)CCCCCCC.CCC.CCCC(C)(CC)CCC.CCCC(CC)CC. The van der Waals surface area contributed by atoms with E-state index in [-0.39, 0.29) is 0 Å². The molecule has 0 heterocycles. The molecule has 0 bridgehead atoms. The van der Waals surface area contributed by atoms with E-state index in [2.05, 4.69) is 82.4 Å². The van der Waals surface area contributed by atoms with Gasteiger partial charge in [0.2, 0.25) is 0 Å². The van der Waals surface area contributed by atoms with Crippen LogP contribution in [0.15, 0.2) is 24.8 Å². The highest BCUT2D eigenvalue weighted by molar-refractivity contribution is 5.10. The molecule has 32 heavy (non-hydrogen) atoms. The van der Waals surface area contributed by atoms with Crippen molar-refractivity contribution >= 4 is 0 Å². The average Bonchev–Trinajstić information content (AvgIpc) is 2.79. The van der Waals surface area contributed by atoms with E-state index in [0.29, 0.717) is 5.41 Å². The van der Waals surface area contributed by atoms with Crippen LogP contribution in [0, 0.1) is 11.3 Å². The zero-order chi connectivity index (χ0) is 25.7. The maximum atomic E-state index is 3.87. The van der Waals surface area contributed by atoms with Gasteiger partial charge in [-0.25, -0.2) is 0 Å². The molecule has 0 rings (SSSR count). The zero-order valence-corrected chi connectivity index (χ0v) is 24.9. The molecule has 0 heteroatoms. The average molecular weight is 453 g/mol. The molecule has 0 saturated carbocycles. The van der Waals surface area contributed by atoms with E-state index in [1.807, 2.05) is 6.08 Å². The lowest BCUT2D eigenvalue weighted by Crippen LogP contribution is -2.13. The molecule has 196 valence electrons. The van der Waals surface area contributed by atoms with E-state index in [4.69, 9.17) is 0 Å². The number of rotatable bonds is 16. The van der Waals surface area contributed by atoms with Crippen LogP contribution in [-0.2, 0) is 0 Å². The van der Waals surface area contributed by atoms with Crippen molar-refractivity contribution in [1.82, 2.24) is 0 Å². The highest BCUT2D eigenvalue weighted by Crippen LogP contribution is 2.32. The lowest BCUT2D eigenvalue weighted by molar-refractivity contribution is 0.255. The van der Waals surface area contributed by atoms with E-state index in [1.165, 1.54) is 102 Å². The van der Waals surface area contributed by atoms with Crippen LogP contribution in [0.5, 0.6) is 0 Å².